The molecular weight excluding hydrogens is 398 g/mol. The van der Waals surface area contributed by atoms with Gasteiger partial charge in [0.15, 0.2) is 18.1 Å². The molecule has 1 amide bonds. The van der Waals surface area contributed by atoms with Gasteiger partial charge in [-0.15, -0.1) is 0 Å². The van der Waals surface area contributed by atoms with E-state index >= 15 is 0 Å². The number of rotatable bonds is 7. The molecule has 9 heteroatoms. The number of halogens is 1. The number of nitrogens with one attached hydrogen (secondary N) is 1. The van der Waals surface area contributed by atoms with E-state index in [9.17, 15) is 9.59 Å². The molecule has 0 bridgehead atoms. The summed E-state index contributed by atoms with van der Waals surface area (Å²) in [6, 6.07) is 2.68. The van der Waals surface area contributed by atoms with E-state index in [0.717, 1.165) is 0 Å². The molecule has 0 fully saturated rings. The largest absolute Gasteiger partial charge is 0.519 e. The van der Waals surface area contributed by atoms with Crippen LogP contribution in [0.1, 0.15) is 22.6 Å². The summed E-state index contributed by atoms with van der Waals surface area (Å²) >= 11 is 3.24. The number of benzene rings is 1. The number of aryl methyl sites for hydroxylation is 2. The van der Waals surface area contributed by atoms with E-state index in [2.05, 4.69) is 24.8 Å². The minimum atomic E-state index is -2.91. The predicted octanol–water partition coefficient (Wildman–Crippen LogP) is 2.79. The molecule has 0 unspecified atom stereocenters. The van der Waals surface area contributed by atoms with E-state index in [1.807, 2.05) is 5.32 Å². The van der Waals surface area contributed by atoms with Gasteiger partial charge in [0, 0.05) is 12.0 Å². The first-order valence-corrected chi connectivity index (χ1v) is 7.68. The van der Waals surface area contributed by atoms with Crippen LogP contribution < -0.4 is 20.6 Å². The number of hydrogen-bond acceptors (Lipinski definition) is 7. The molecule has 25 heavy (non-hydrogen) atoms. The lowest BCUT2D eigenvalue weighted by molar-refractivity contribution is 0.130. The van der Waals surface area contributed by atoms with Gasteiger partial charge in [0.25, 0.3) is 0 Å². The Kier molecular flexibility index (Phi) is 4.76. The number of carbonyl (C=O) groups excluding carboxylic acids is 1. The summed E-state index contributed by atoms with van der Waals surface area (Å²) in [4.78, 5) is 23.0. The quantitative estimate of drug-likeness (QED) is 0.735. The molecule has 0 saturated carbocycles. The number of amides is 1. The Morgan fingerprint density at radius 3 is 2.60 bits per heavy atom. The maximum atomic E-state index is 12.0. The molecule has 1 aromatic heterocycles. The Morgan fingerprint density at radius 2 is 2.00 bits per heavy atom. The molecule has 0 aliphatic carbocycles. The zero-order valence-electron chi connectivity index (χ0n) is 17.6. The van der Waals surface area contributed by atoms with Crippen LogP contribution in [0.2, 0.25) is 0 Å². The van der Waals surface area contributed by atoms with Crippen LogP contribution in [0.3, 0.4) is 0 Å². The highest BCUT2D eigenvalue weighted by Crippen LogP contribution is 2.32. The molecule has 2 aromatic rings. The molecule has 2 rings (SSSR count). The average Bonchev–Trinajstić information content (AvgIpc) is 2.96. The molecule has 0 atom stereocenters. The first-order chi connectivity index (χ1) is 13.4. The van der Waals surface area contributed by atoms with Gasteiger partial charge in [-0.25, -0.2) is 9.59 Å². The lowest BCUT2D eigenvalue weighted by Gasteiger charge is -2.12. The second-order valence-corrected chi connectivity index (χ2v) is 5.43. The van der Waals surface area contributed by atoms with Crippen molar-refractivity contribution in [1.82, 2.24) is 5.32 Å². The first kappa shape index (κ1) is 13.8. The summed E-state index contributed by atoms with van der Waals surface area (Å²) in [6.07, 6.45) is -4.02. The molecule has 1 heterocycles. The highest BCUT2D eigenvalue weighted by Gasteiger charge is 2.12. The van der Waals surface area contributed by atoms with Gasteiger partial charge in [-0.3, -0.25) is 0 Å². The lowest BCUT2D eigenvalue weighted by atomic mass is 10.1. The molecule has 1 N–H and O–H groups in total. The van der Waals surface area contributed by atoms with E-state index in [1.54, 1.807) is 0 Å². The smallest absolute Gasteiger partial charge is 0.496 e. The third kappa shape index (κ3) is 5.02. The van der Waals surface area contributed by atoms with Crippen molar-refractivity contribution < 1.29 is 33.3 Å². The highest BCUT2D eigenvalue weighted by atomic mass is 79.9. The third-order valence-corrected chi connectivity index (χ3v) is 3.63. The van der Waals surface area contributed by atoms with Crippen LogP contribution in [0.25, 0.3) is 0 Å². The molecule has 1 aromatic carbocycles. The Labute approximate surface area is 157 Å². The van der Waals surface area contributed by atoms with E-state index < -0.39 is 31.4 Å². The second-order valence-electron chi connectivity index (χ2n) is 4.57. The van der Waals surface area contributed by atoms with Crippen LogP contribution in [-0.2, 0) is 17.7 Å². The van der Waals surface area contributed by atoms with Crippen molar-refractivity contribution in [2.24, 2.45) is 0 Å². The van der Waals surface area contributed by atoms with Crippen LogP contribution in [0.4, 0.5) is 4.79 Å². The van der Waals surface area contributed by atoms with Gasteiger partial charge in [0.1, 0.15) is 11.5 Å². The first-order valence-electron chi connectivity index (χ1n) is 8.89. The number of methoxy groups -OCH3 is 2. The van der Waals surface area contributed by atoms with Crippen molar-refractivity contribution in [3.63, 3.8) is 0 Å². The van der Waals surface area contributed by atoms with Crippen LogP contribution in [0, 0.1) is 6.92 Å². The molecule has 0 saturated heterocycles. The van der Waals surface area contributed by atoms with Gasteiger partial charge in [0.05, 0.1) is 18.7 Å². The van der Waals surface area contributed by atoms with E-state index in [0.29, 0.717) is 4.47 Å². The minimum Gasteiger partial charge on any atom is -0.496 e. The molecule has 8 nitrogen and oxygen atoms in total. The zero-order valence-corrected chi connectivity index (χ0v) is 15.2. The average molecular weight is 420 g/mol. The maximum absolute atomic E-state index is 12.0. The maximum Gasteiger partial charge on any atom is 0.519 e. The summed E-state index contributed by atoms with van der Waals surface area (Å²) < 4.78 is 57.5. The van der Waals surface area contributed by atoms with E-state index in [-0.39, 0.29) is 28.6 Å². The van der Waals surface area contributed by atoms with Crippen molar-refractivity contribution >= 4 is 22.0 Å². The Balaban J connectivity index is 2.23. The Bertz CT molecular complexity index is 957. The summed E-state index contributed by atoms with van der Waals surface area (Å²) in [6.45, 7) is -1.99. The fraction of sp³-hybridized carbons (Fsp3) is 0.375. The van der Waals surface area contributed by atoms with Crippen molar-refractivity contribution in [2.75, 3.05) is 20.7 Å². The van der Waals surface area contributed by atoms with Gasteiger partial charge in [-0.05, 0) is 46.9 Å². The van der Waals surface area contributed by atoms with Crippen LogP contribution in [-0.4, -0.2) is 26.8 Å². The molecule has 0 radical (unpaired) electrons. The molecule has 136 valence electrons. The van der Waals surface area contributed by atoms with Gasteiger partial charge in [0.2, 0.25) is 0 Å². The normalized spacial score (nSPS) is 13.9. The Morgan fingerprint density at radius 1 is 1.28 bits per heavy atom. The summed E-state index contributed by atoms with van der Waals surface area (Å²) in [7, 11) is 2.67. The number of ether oxygens (including phenoxy) is 3. The minimum absolute atomic E-state index is 0.0394. The number of hydrogen-bond donors (Lipinski definition) is 1. The molecular formula is C16H18BrNO7. The van der Waals surface area contributed by atoms with Crippen LogP contribution >= 0.6 is 15.9 Å². The van der Waals surface area contributed by atoms with Gasteiger partial charge < -0.3 is 28.4 Å². The van der Waals surface area contributed by atoms with Crippen molar-refractivity contribution in [3.05, 3.63) is 44.3 Å². The van der Waals surface area contributed by atoms with Crippen molar-refractivity contribution in [1.29, 1.82) is 0 Å². The fourth-order valence-corrected chi connectivity index (χ4v) is 2.27. The second kappa shape index (κ2) is 8.61. The molecule has 0 spiro atoms. The van der Waals surface area contributed by atoms with Crippen molar-refractivity contribution in [2.45, 2.75) is 19.9 Å². The molecule has 0 aliphatic heterocycles. The van der Waals surface area contributed by atoms with Gasteiger partial charge >= 0.3 is 11.9 Å². The predicted molar refractivity (Wildman–Crippen MR) is 91.1 cm³/mol. The van der Waals surface area contributed by atoms with Crippen LogP contribution in [0.5, 0.6) is 11.5 Å². The summed E-state index contributed by atoms with van der Waals surface area (Å²) in [5.41, 5.74) is -0.193. The van der Waals surface area contributed by atoms with Crippen molar-refractivity contribution in [3.8, 4) is 11.5 Å². The monoisotopic (exact) mass is 419 g/mol. The lowest BCUT2D eigenvalue weighted by Crippen LogP contribution is -2.26. The number of carbonyl (C=O) groups is 1. The van der Waals surface area contributed by atoms with E-state index in [1.165, 1.54) is 33.3 Å². The zero-order chi connectivity index (χ0) is 22.0. The van der Waals surface area contributed by atoms with Crippen LogP contribution in [0.15, 0.2) is 30.2 Å². The number of alkyl carbamates (subject to hydrolysis) is 1. The topological polar surface area (TPSA) is 100 Å². The van der Waals surface area contributed by atoms with Gasteiger partial charge in [-0.1, -0.05) is 0 Å². The standard InChI is InChI=1S/C16H18BrNO7/c1-9-14(25-16(20)24-9)8-23-15(19)18-5-4-10-6-13(22-3)11(17)7-12(10)21-2/h6-7H,4-5,8H2,1-3H3,(H,18,19)/i4D2,5D2. The fourth-order valence-electron chi connectivity index (χ4n) is 1.78. The Hall–Kier alpha value is -2.42. The van der Waals surface area contributed by atoms with E-state index in [4.69, 9.17) is 19.7 Å². The SMILES string of the molecule is [2H]C([2H])(NC(=O)OCc1oc(=O)oc1C)C([2H])([2H])c1cc(OC)c(Br)cc1OC. The summed E-state index contributed by atoms with van der Waals surface area (Å²) in [5, 5.41) is 1.83. The third-order valence-electron chi connectivity index (χ3n) is 3.01. The van der Waals surface area contributed by atoms with Gasteiger partial charge in [-0.2, -0.15) is 0 Å². The summed E-state index contributed by atoms with van der Waals surface area (Å²) in [5.74, 6) is -0.628. The molecule has 0 aliphatic rings. The highest BCUT2D eigenvalue weighted by molar-refractivity contribution is 9.10.